The van der Waals surface area contributed by atoms with Gasteiger partial charge < -0.3 is 9.47 Å². The molecule has 0 aliphatic carbocycles. The van der Waals surface area contributed by atoms with E-state index < -0.39 is 0 Å². The second-order valence-corrected chi connectivity index (χ2v) is 7.19. The predicted molar refractivity (Wildman–Crippen MR) is 109 cm³/mol. The fourth-order valence-electron chi connectivity index (χ4n) is 2.59. The topological polar surface area (TPSA) is 60.5 Å². The number of ether oxygens (including phenoxy) is 2. The number of hydrogen-bond donors (Lipinski definition) is 1. The molecule has 1 N–H and O–H groups in total. The molecule has 0 unspecified atom stereocenters. The molecule has 0 saturated heterocycles. The molecule has 0 aliphatic rings. The van der Waals surface area contributed by atoms with Gasteiger partial charge in [0.05, 0.1) is 12.8 Å². The second-order valence-electron chi connectivity index (χ2n) is 5.99. The first-order valence-corrected chi connectivity index (χ1v) is 9.54. The molecule has 0 radical (unpaired) electrons. The highest BCUT2D eigenvalue weighted by Crippen LogP contribution is 2.31. The van der Waals surface area contributed by atoms with Crippen molar-refractivity contribution in [1.29, 1.82) is 0 Å². The van der Waals surface area contributed by atoms with E-state index in [2.05, 4.69) is 17.2 Å². The van der Waals surface area contributed by atoms with Gasteiger partial charge in [0.1, 0.15) is 11.5 Å². The Morgan fingerprint density at radius 1 is 1.07 bits per heavy atom. The Hall–Kier alpha value is -2.86. The molecule has 3 rings (SSSR count). The van der Waals surface area contributed by atoms with Crippen LogP contribution in [0.15, 0.2) is 48.5 Å². The number of anilines is 1. The third-order valence-corrected chi connectivity index (χ3v) is 4.99. The summed E-state index contributed by atoms with van der Waals surface area (Å²) in [6, 6.07) is 15.4. The Morgan fingerprint density at radius 2 is 1.74 bits per heavy atom. The summed E-state index contributed by atoms with van der Waals surface area (Å²) < 4.78 is 10.7. The summed E-state index contributed by atoms with van der Waals surface area (Å²) in [5.74, 6) is 1.24. The van der Waals surface area contributed by atoms with Gasteiger partial charge in [-0.2, -0.15) is 0 Å². The number of hydrogen-bond acceptors (Lipinski definition) is 5. The molecule has 2 aromatic carbocycles. The average Bonchev–Trinajstić information content (AvgIpc) is 3.06. The zero-order valence-electron chi connectivity index (χ0n) is 15.6. The number of nitrogens with one attached hydrogen (secondary N) is 1. The Balaban J connectivity index is 1.60. The summed E-state index contributed by atoms with van der Waals surface area (Å²) in [6.07, 6.45) is 0.973. The summed E-state index contributed by atoms with van der Waals surface area (Å²) in [5.41, 5.74) is 3.07. The number of amides is 1. The molecule has 0 saturated carbocycles. The molecule has 1 aromatic heterocycles. The molecule has 0 spiro atoms. The van der Waals surface area contributed by atoms with Crippen molar-refractivity contribution in [2.75, 3.05) is 19.0 Å². The Labute approximate surface area is 163 Å². The number of aromatic nitrogens is 1. The van der Waals surface area contributed by atoms with Crippen molar-refractivity contribution in [1.82, 2.24) is 4.98 Å². The number of benzene rings is 2. The first kappa shape index (κ1) is 18.9. The van der Waals surface area contributed by atoms with E-state index in [1.54, 1.807) is 7.11 Å². The standard InChI is InChI=1S/C21H22N2O3S/c1-4-15-5-9-18(10-6-15)26-13-19(24)22-21-23-20(14(2)27-21)16-7-11-17(25-3)12-8-16/h5-12H,4,13H2,1-3H3,(H,22,23,24). The molecule has 27 heavy (non-hydrogen) atoms. The van der Waals surface area contributed by atoms with E-state index in [-0.39, 0.29) is 12.5 Å². The average molecular weight is 382 g/mol. The fraction of sp³-hybridized carbons (Fsp3) is 0.238. The summed E-state index contributed by atoms with van der Waals surface area (Å²) >= 11 is 1.44. The quantitative estimate of drug-likeness (QED) is 0.643. The third-order valence-electron chi connectivity index (χ3n) is 4.11. The normalized spacial score (nSPS) is 10.5. The van der Waals surface area contributed by atoms with E-state index in [0.29, 0.717) is 10.9 Å². The van der Waals surface area contributed by atoms with Gasteiger partial charge in [0, 0.05) is 10.4 Å². The molecule has 5 nitrogen and oxygen atoms in total. The number of nitrogens with zero attached hydrogens (tertiary/aromatic N) is 1. The van der Waals surface area contributed by atoms with Crippen LogP contribution in [-0.4, -0.2) is 24.6 Å². The number of carbonyl (C=O) groups excluding carboxylic acids is 1. The van der Waals surface area contributed by atoms with Crippen LogP contribution in [0, 0.1) is 6.92 Å². The molecular weight excluding hydrogens is 360 g/mol. The zero-order chi connectivity index (χ0) is 19.2. The van der Waals surface area contributed by atoms with Crippen LogP contribution in [0.1, 0.15) is 17.4 Å². The number of rotatable bonds is 7. The van der Waals surface area contributed by atoms with Gasteiger partial charge in [-0.1, -0.05) is 19.1 Å². The second kappa shape index (κ2) is 8.68. The van der Waals surface area contributed by atoms with E-state index in [1.165, 1.54) is 16.9 Å². The summed E-state index contributed by atoms with van der Waals surface area (Å²) in [4.78, 5) is 17.7. The molecule has 1 heterocycles. The van der Waals surface area contributed by atoms with Gasteiger partial charge in [-0.25, -0.2) is 4.98 Å². The molecule has 1 amide bonds. The summed E-state index contributed by atoms with van der Waals surface area (Å²) in [5, 5.41) is 3.37. The van der Waals surface area contributed by atoms with Crippen molar-refractivity contribution < 1.29 is 14.3 Å². The Morgan fingerprint density at radius 3 is 2.37 bits per heavy atom. The Kier molecular flexibility index (Phi) is 6.08. The van der Waals surface area contributed by atoms with Gasteiger partial charge in [0.2, 0.25) is 0 Å². The molecule has 6 heteroatoms. The van der Waals surface area contributed by atoms with Crippen LogP contribution in [0.25, 0.3) is 11.3 Å². The molecule has 3 aromatic rings. The lowest BCUT2D eigenvalue weighted by atomic mass is 10.1. The van der Waals surface area contributed by atoms with Crippen LogP contribution >= 0.6 is 11.3 Å². The maximum atomic E-state index is 12.2. The molecule has 0 bridgehead atoms. The minimum Gasteiger partial charge on any atom is -0.497 e. The maximum absolute atomic E-state index is 12.2. The van der Waals surface area contributed by atoms with Gasteiger partial charge in [0.25, 0.3) is 5.91 Å². The minimum atomic E-state index is -0.232. The minimum absolute atomic E-state index is 0.0536. The SMILES string of the molecule is CCc1ccc(OCC(=O)Nc2nc(-c3ccc(OC)cc3)c(C)s2)cc1. The van der Waals surface area contributed by atoms with Gasteiger partial charge in [-0.05, 0) is 55.3 Å². The van der Waals surface area contributed by atoms with E-state index in [0.717, 1.165) is 28.3 Å². The fourth-order valence-corrected chi connectivity index (χ4v) is 3.44. The monoisotopic (exact) mass is 382 g/mol. The first-order valence-electron chi connectivity index (χ1n) is 8.72. The lowest BCUT2D eigenvalue weighted by Gasteiger charge is -2.06. The lowest BCUT2D eigenvalue weighted by molar-refractivity contribution is -0.118. The van der Waals surface area contributed by atoms with Crippen molar-refractivity contribution in [3.8, 4) is 22.8 Å². The van der Waals surface area contributed by atoms with Gasteiger partial charge >= 0.3 is 0 Å². The largest absolute Gasteiger partial charge is 0.497 e. The van der Waals surface area contributed by atoms with Gasteiger partial charge in [0.15, 0.2) is 11.7 Å². The highest BCUT2D eigenvalue weighted by molar-refractivity contribution is 7.16. The number of carbonyl (C=O) groups is 1. The Bertz CT molecular complexity index is 902. The van der Waals surface area contributed by atoms with Crippen LogP contribution in [0.5, 0.6) is 11.5 Å². The summed E-state index contributed by atoms with van der Waals surface area (Å²) in [6.45, 7) is 4.03. The van der Waals surface area contributed by atoms with Crippen LogP contribution < -0.4 is 14.8 Å². The summed E-state index contributed by atoms with van der Waals surface area (Å²) in [7, 11) is 1.64. The number of aryl methyl sites for hydroxylation is 2. The van der Waals surface area contributed by atoms with E-state index in [1.807, 2.05) is 55.5 Å². The van der Waals surface area contributed by atoms with Crippen molar-refractivity contribution in [2.24, 2.45) is 0 Å². The number of methoxy groups -OCH3 is 1. The van der Waals surface area contributed by atoms with Crippen LogP contribution in [0.3, 0.4) is 0 Å². The molecule has 0 aliphatic heterocycles. The molecule has 0 fully saturated rings. The van der Waals surface area contributed by atoms with Crippen molar-refractivity contribution in [3.63, 3.8) is 0 Å². The van der Waals surface area contributed by atoms with E-state index >= 15 is 0 Å². The highest BCUT2D eigenvalue weighted by Gasteiger charge is 2.12. The van der Waals surface area contributed by atoms with Gasteiger partial charge in [-0.3, -0.25) is 10.1 Å². The van der Waals surface area contributed by atoms with Crippen molar-refractivity contribution in [3.05, 3.63) is 59.0 Å². The van der Waals surface area contributed by atoms with Crippen LogP contribution in [0.2, 0.25) is 0 Å². The van der Waals surface area contributed by atoms with E-state index in [4.69, 9.17) is 9.47 Å². The van der Waals surface area contributed by atoms with Crippen molar-refractivity contribution in [2.45, 2.75) is 20.3 Å². The van der Waals surface area contributed by atoms with Crippen LogP contribution in [-0.2, 0) is 11.2 Å². The molecule has 0 atom stereocenters. The molecule has 140 valence electrons. The lowest BCUT2D eigenvalue weighted by Crippen LogP contribution is -2.20. The van der Waals surface area contributed by atoms with Crippen molar-refractivity contribution >= 4 is 22.4 Å². The number of thiazole rings is 1. The zero-order valence-corrected chi connectivity index (χ0v) is 16.4. The molecular formula is C21H22N2O3S. The predicted octanol–water partition coefficient (Wildman–Crippen LogP) is 4.71. The highest BCUT2D eigenvalue weighted by atomic mass is 32.1. The first-order chi connectivity index (χ1) is 13.1. The van der Waals surface area contributed by atoms with Gasteiger partial charge in [-0.15, -0.1) is 11.3 Å². The third kappa shape index (κ3) is 4.86. The van der Waals surface area contributed by atoms with E-state index in [9.17, 15) is 4.79 Å². The maximum Gasteiger partial charge on any atom is 0.264 e. The smallest absolute Gasteiger partial charge is 0.264 e. The van der Waals surface area contributed by atoms with Crippen LogP contribution in [0.4, 0.5) is 5.13 Å².